The molecule has 0 bridgehead atoms. The summed E-state index contributed by atoms with van der Waals surface area (Å²) in [7, 11) is 0. The van der Waals surface area contributed by atoms with Gasteiger partial charge in [0.1, 0.15) is 0 Å². The Balaban J connectivity index is 3.52. The average molecular weight is 128 g/mol. The van der Waals surface area contributed by atoms with Crippen LogP contribution in [0.4, 0.5) is 0 Å². The molecule has 1 nitrogen and oxygen atoms in total. The van der Waals surface area contributed by atoms with E-state index in [-0.39, 0.29) is 11.0 Å². The van der Waals surface area contributed by atoms with E-state index >= 15 is 0 Å². The summed E-state index contributed by atoms with van der Waals surface area (Å²) >= 11 is 3.59. The zero-order valence-corrected chi connectivity index (χ0v) is 5.61. The first-order chi connectivity index (χ1) is 3.68. The minimum Gasteiger partial charge on any atom is -0.287 e. The highest BCUT2D eigenvalue weighted by molar-refractivity contribution is 7.96. The smallest absolute Gasteiger partial charge is 0.189 e. The quantitative estimate of drug-likeness (QED) is 0.435. The van der Waals surface area contributed by atoms with Gasteiger partial charge in [0.2, 0.25) is 0 Å². The topological polar surface area (TPSA) is 17.1 Å². The van der Waals surface area contributed by atoms with E-state index < -0.39 is 0 Å². The van der Waals surface area contributed by atoms with E-state index in [0.717, 1.165) is 0 Å². The SMILES string of the molecule is C#CCC(C)C(=O)S. The second kappa shape index (κ2) is 3.57. The Hall–Kier alpha value is -0.420. The van der Waals surface area contributed by atoms with Gasteiger partial charge in [-0.3, -0.25) is 4.79 Å². The van der Waals surface area contributed by atoms with E-state index in [1.54, 1.807) is 6.92 Å². The fourth-order valence-corrected chi connectivity index (χ4v) is 0.355. The summed E-state index contributed by atoms with van der Waals surface area (Å²) in [6.07, 6.45) is 5.42. The second-order valence-electron chi connectivity index (χ2n) is 1.65. The fourth-order valence-electron chi connectivity index (χ4n) is 0.264. The van der Waals surface area contributed by atoms with Crippen LogP contribution in [-0.4, -0.2) is 5.12 Å². The highest BCUT2D eigenvalue weighted by Crippen LogP contribution is 2.03. The predicted molar refractivity (Wildman–Crippen MR) is 36.6 cm³/mol. The van der Waals surface area contributed by atoms with Crippen molar-refractivity contribution in [2.75, 3.05) is 0 Å². The Morgan fingerprint density at radius 2 is 2.50 bits per heavy atom. The van der Waals surface area contributed by atoms with Crippen LogP contribution in [0.2, 0.25) is 0 Å². The van der Waals surface area contributed by atoms with Crippen molar-refractivity contribution in [3.8, 4) is 12.3 Å². The molecule has 0 fully saturated rings. The van der Waals surface area contributed by atoms with Crippen molar-refractivity contribution in [2.45, 2.75) is 13.3 Å². The lowest BCUT2D eigenvalue weighted by Gasteiger charge is -1.96. The minimum absolute atomic E-state index is 0.0941. The van der Waals surface area contributed by atoms with Gasteiger partial charge in [-0.05, 0) is 0 Å². The van der Waals surface area contributed by atoms with Gasteiger partial charge in [-0.25, -0.2) is 0 Å². The van der Waals surface area contributed by atoms with Crippen LogP contribution in [0, 0.1) is 18.3 Å². The average Bonchev–Trinajstić information content (AvgIpc) is 1.67. The van der Waals surface area contributed by atoms with Crippen molar-refractivity contribution in [1.29, 1.82) is 0 Å². The predicted octanol–water partition coefficient (Wildman–Crippen LogP) is 1.10. The Labute approximate surface area is 54.9 Å². The molecule has 0 aromatic rings. The normalized spacial score (nSPS) is 12.1. The highest BCUT2D eigenvalue weighted by atomic mass is 32.1. The fraction of sp³-hybridized carbons (Fsp3) is 0.500. The second-order valence-corrected chi connectivity index (χ2v) is 2.09. The van der Waals surface area contributed by atoms with E-state index in [1.165, 1.54) is 0 Å². The lowest BCUT2D eigenvalue weighted by molar-refractivity contribution is -0.113. The zero-order chi connectivity index (χ0) is 6.57. The van der Waals surface area contributed by atoms with Gasteiger partial charge in [0, 0.05) is 12.3 Å². The molecular weight excluding hydrogens is 120 g/mol. The molecule has 0 saturated heterocycles. The molecule has 0 saturated carbocycles. The Kier molecular flexibility index (Phi) is 3.38. The van der Waals surface area contributed by atoms with Crippen LogP contribution in [-0.2, 0) is 4.79 Å². The van der Waals surface area contributed by atoms with Crippen LogP contribution < -0.4 is 0 Å². The molecule has 0 rings (SSSR count). The van der Waals surface area contributed by atoms with Gasteiger partial charge in [-0.2, -0.15) is 0 Å². The van der Waals surface area contributed by atoms with Crippen LogP contribution in [0.3, 0.4) is 0 Å². The van der Waals surface area contributed by atoms with Gasteiger partial charge in [-0.1, -0.05) is 6.92 Å². The Bertz CT molecular complexity index is 123. The number of rotatable bonds is 2. The van der Waals surface area contributed by atoms with Crippen LogP contribution in [0.25, 0.3) is 0 Å². The number of hydrogen-bond acceptors (Lipinski definition) is 1. The van der Waals surface area contributed by atoms with Crippen molar-refractivity contribution in [3.05, 3.63) is 0 Å². The van der Waals surface area contributed by atoms with Gasteiger partial charge >= 0.3 is 0 Å². The molecule has 8 heavy (non-hydrogen) atoms. The van der Waals surface area contributed by atoms with Crippen LogP contribution in [0.5, 0.6) is 0 Å². The van der Waals surface area contributed by atoms with Gasteiger partial charge < -0.3 is 0 Å². The summed E-state index contributed by atoms with van der Waals surface area (Å²) in [5.74, 6) is 2.28. The largest absolute Gasteiger partial charge is 0.287 e. The first kappa shape index (κ1) is 7.58. The molecule has 0 aromatic heterocycles. The zero-order valence-electron chi connectivity index (χ0n) is 4.72. The van der Waals surface area contributed by atoms with E-state index in [2.05, 4.69) is 18.5 Å². The highest BCUT2D eigenvalue weighted by Gasteiger charge is 2.04. The molecule has 0 heterocycles. The molecular formula is C6H8OS. The molecule has 0 aliphatic carbocycles. The van der Waals surface area contributed by atoms with Gasteiger partial charge in [0.25, 0.3) is 0 Å². The monoisotopic (exact) mass is 128 g/mol. The number of carbonyl (C=O) groups is 1. The standard InChI is InChI=1S/C6H8OS/c1-3-4-5(2)6(7)8/h1,5H,4H2,2H3,(H,7,8). The van der Waals surface area contributed by atoms with Crippen molar-refractivity contribution in [1.82, 2.24) is 0 Å². The summed E-state index contributed by atoms with van der Waals surface area (Å²) in [6.45, 7) is 1.76. The third-order valence-corrected chi connectivity index (χ3v) is 1.29. The van der Waals surface area contributed by atoms with Crippen molar-refractivity contribution < 1.29 is 4.79 Å². The summed E-state index contributed by atoms with van der Waals surface area (Å²) in [5, 5.41) is -0.136. The summed E-state index contributed by atoms with van der Waals surface area (Å²) in [4.78, 5) is 10.3. The summed E-state index contributed by atoms with van der Waals surface area (Å²) in [6, 6.07) is 0. The molecule has 1 unspecified atom stereocenters. The first-order valence-electron chi connectivity index (χ1n) is 2.34. The molecule has 0 radical (unpaired) electrons. The molecule has 0 aliphatic rings. The van der Waals surface area contributed by atoms with Gasteiger partial charge in [-0.15, -0.1) is 25.0 Å². The molecule has 0 aromatic carbocycles. The molecule has 0 amide bonds. The third-order valence-electron chi connectivity index (χ3n) is 0.846. The molecule has 0 spiro atoms. The summed E-state index contributed by atoms with van der Waals surface area (Å²) < 4.78 is 0. The maximum absolute atomic E-state index is 10.3. The van der Waals surface area contributed by atoms with Crippen LogP contribution >= 0.6 is 12.6 Å². The third kappa shape index (κ3) is 2.70. The number of carbonyl (C=O) groups excluding carboxylic acids is 1. The van der Waals surface area contributed by atoms with Crippen LogP contribution in [0.15, 0.2) is 0 Å². The van der Waals surface area contributed by atoms with Gasteiger partial charge in [0.05, 0.1) is 0 Å². The van der Waals surface area contributed by atoms with Crippen molar-refractivity contribution >= 4 is 17.7 Å². The van der Waals surface area contributed by atoms with E-state index in [0.29, 0.717) is 6.42 Å². The van der Waals surface area contributed by atoms with E-state index in [1.807, 2.05) is 0 Å². The van der Waals surface area contributed by atoms with Crippen molar-refractivity contribution in [2.24, 2.45) is 5.92 Å². The lowest BCUT2D eigenvalue weighted by atomic mass is 10.1. The number of thiol groups is 1. The van der Waals surface area contributed by atoms with Crippen molar-refractivity contribution in [3.63, 3.8) is 0 Å². The molecule has 2 heteroatoms. The Morgan fingerprint density at radius 1 is 2.00 bits per heavy atom. The summed E-state index contributed by atoms with van der Waals surface area (Å²) in [5.41, 5.74) is 0. The number of terminal acetylenes is 1. The minimum atomic E-state index is -0.136. The molecule has 1 atom stereocenters. The van der Waals surface area contributed by atoms with Gasteiger partial charge in [0.15, 0.2) is 5.12 Å². The lowest BCUT2D eigenvalue weighted by Crippen LogP contribution is -2.01. The molecule has 44 valence electrons. The molecule has 0 aliphatic heterocycles. The molecule has 0 N–H and O–H groups in total. The van der Waals surface area contributed by atoms with E-state index in [9.17, 15) is 4.79 Å². The first-order valence-corrected chi connectivity index (χ1v) is 2.79. The maximum atomic E-state index is 10.3. The van der Waals surface area contributed by atoms with E-state index in [4.69, 9.17) is 6.42 Å². The number of hydrogen-bond donors (Lipinski definition) is 1. The Morgan fingerprint density at radius 3 is 2.62 bits per heavy atom. The van der Waals surface area contributed by atoms with Crippen LogP contribution in [0.1, 0.15) is 13.3 Å². The maximum Gasteiger partial charge on any atom is 0.189 e.